The van der Waals surface area contributed by atoms with E-state index in [2.05, 4.69) is 10.3 Å². The minimum atomic E-state index is 0.0112. The van der Waals surface area contributed by atoms with Gasteiger partial charge in [-0.05, 0) is 17.8 Å². The number of hydrogen-bond acceptors (Lipinski definition) is 2. The Balaban J connectivity index is 2.28. The number of benzene rings is 1. The van der Waals surface area contributed by atoms with Gasteiger partial charge in [0, 0.05) is 26.2 Å². The highest BCUT2D eigenvalue weighted by molar-refractivity contribution is 7.71. The van der Waals surface area contributed by atoms with Crippen molar-refractivity contribution < 1.29 is 4.79 Å². The number of carbonyl (C=O) groups excluding carboxylic acids is 1. The maximum Gasteiger partial charge on any atom is 0.221 e. The number of amides is 1. The fourth-order valence-corrected chi connectivity index (χ4v) is 2.05. The van der Waals surface area contributed by atoms with Crippen LogP contribution in [-0.4, -0.2) is 22.5 Å². The van der Waals surface area contributed by atoms with E-state index in [0.29, 0.717) is 17.7 Å². The number of nitrogens with zero attached hydrogens (tertiary/aromatic N) is 1. The summed E-state index contributed by atoms with van der Waals surface area (Å²) in [6.45, 7) is 0.576. The number of carbonyl (C=O) groups is 1. The Hall–Kier alpha value is -1.88. The summed E-state index contributed by atoms with van der Waals surface area (Å²) in [6, 6.07) is 9.98. The molecule has 4 nitrogen and oxygen atoms in total. The van der Waals surface area contributed by atoms with Gasteiger partial charge in [-0.25, -0.2) is 0 Å². The molecule has 2 aromatic rings. The van der Waals surface area contributed by atoms with Crippen LogP contribution in [0.1, 0.15) is 6.42 Å². The first kappa shape index (κ1) is 12.6. The summed E-state index contributed by atoms with van der Waals surface area (Å²) in [5, 5.41) is 2.61. The van der Waals surface area contributed by atoms with E-state index in [1.807, 2.05) is 41.1 Å². The molecule has 1 aromatic carbocycles. The lowest BCUT2D eigenvalue weighted by Crippen LogP contribution is -2.19. The number of aromatic amines is 1. The molecule has 2 N–H and O–H groups in total. The van der Waals surface area contributed by atoms with Crippen LogP contribution in [0.5, 0.6) is 0 Å². The van der Waals surface area contributed by atoms with Crippen LogP contribution in [0.4, 0.5) is 0 Å². The second-order valence-electron chi connectivity index (χ2n) is 3.92. The summed E-state index contributed by atoms with van der Waals surface area (Å²) in [5.41, 5.74) is 2.09. The van der Waals surface area contributed by atoms with Gasteiger partial charge in [0.15, 0.2) is 4.77 Å². The number of aromatic nitrogens is 2. The first-order valence-corrected chi connectivity index (χ1v) is 6.17. The summed E-state index contributed by atoms with van der Waals surface area (Å²) in [6.07, 6.45) is 2.30. The van der Waals surface area contributed by atoms with Crippen LogP contribution in [0.15, 0.2) is 36.5 Å². The number of imidazole rings is 1. The van der Waals surface area contributed by atoms with Gasteiger partial charge < -0.3 is 14.9 Å². The van der Waals surface area contributed by atoms with E-state index in [1.165, 1.54) is 0 Å². The fourth-order valence-electron chi connectivity index (χ4n) is 1.80. The third kappa shape index (κ3) is 2.68. The molecule has 0 saturated heterocycles. The lowest BCUT2D eigenvalue weighted by molar-refractivity contribution is -0.120. The first-order chi connectivity index (χ1) is 8.72. The third-order valence-electron chi connectivity index (χ3n) is 2.78. The van der Waals surface area contributed by atoms with Crippen molar-refractivity contribution in [2.75, 3.05) is 7.05 Å². The lowest BCUT2D eigenvalue weighted by Gasteiger charge is -2.07. The third-order valence-corrected chi connectivity index (χ3v) is 3.12. The van der Waals surface area contributed by atoms with Crippen molar-refractivity contribution in [1.82, 2.24) is 14.9 Å². The van der Waals surface area contributed by atoms with Gasteiger partial charge in [0.1, 0.15) is 0 Å². The Kier molecular flexibility index (Phi) is 3.94. The number of nitrogens with one attached hydrogen (secondary N) is 2. The Morgan fingerprint density at radius 3 is 2.78 bits per heavy atom. The topological polar surface area (TPSA) is 49.8 Å². The van der Waals surface area contributed by atoms with Crippen molar-refractivity contribution in [3.05, 3.63) is 41.3 Å². The predicted molar refractivity (Wildman–Crippen MR) is 73.7 cm³/mol. The number of rotatable bonds is 4. The van der Waals surface area contributed by atoms with Crippen LogP contribution in [0, 0.1) is 4.77 Å². The van der Waals surface area contributed by atoms with Crippen molar-refractivity contribution in [2.45, 2.75) is 13.0 Å². The molecule has 1 aromatic heterocycles. The molecule has 0 unspecified atom stereocenters. The van der Waals surface area contributed by atoms with E-state index in [-0.39, 0.29) is 5.91 Å². The van der Waals surface area contributed by atoms with Crippen LogP contribution >= 0.6 is 12.2 Å². The van der Waals surface area contributed by atoms with Gasteiger partial charge in [-0.3, -0.25) is 4.79 Å². The van der Waals surface area contributed by atoms with E-state index in [0.717, 1.165) is 11.3 Å². The van der Waals surface area contributed by atoms with Crippen molar-refractivity contribution in [3.8, 4) is 11.3 Å². The second kappa shape index (κ2) is 5.64. The predicted octanol–water partition coefficient (Wildman–Crippen LogP) is 2.35. The molecule has 0 bridgehead atoms. The van der Waals surface area contributed by atoms with Crippen LogP contribution in [-0.2, 0) is 11.3 Å². The van der Waals surface area contributed by atoms with E-state index in [9.17, 15) is 4.79 Å². The zero-order valence-electron chi connectivity index (χ0n) is 10.1. The summed E-state index contributed by atoms with van der Waals surface area (Å²) < 4.78 is 2.58. The van der Waals surface area contributed by atoms with Gasteiger partial charge in [-0.1, -0.05) is 30.3 Å². The Bertz CT molecular complexity index is 586. The van der Waals surface area contributed by atoms with Crippen molar-refractivity contribution in [2.24, 2.45) is 0 Å². The van der Waals surface area contributed by atoms with Crippen LogP contribution < -0.4 is 5.32 Å². The lowest BCUT2D eigenvalue weighted by atomic mass is 10.2. The number of H-pyrrole nitrogens is 1. The molecule has 0 atom stereocenters. The first-order valence-electron chi connectivity index (χ1n) is 5.76. The molecule has 0 saturated carbocycles. The molecule has 94 valence electrons. The van der Waals surface area contributed by atoms with E-state index >= 15 is 0 Å². The second-order valence-corrected chi connectivity index (χ2v) is 4.31. The van der Waals surface area contributed by atoms with Gasteiger partial charge >= 0.3 is 0 Å². The molecule has 0 spiro atoms. The highest BCUT2D eigenvalue weighted by Gasteiger charge is 2.07. The molecular weight excluding hydrogens is 246 g/mol. The minimum Gasteiger partial charge on any atom is -0.359 e. The molecule has 0 fully saturated rings. The maximum atomic E-state index is 11.3. The SMILES string of the molecule is CNC(=O)CCn1c(-c2ccccc2)c[nH]c1=S. The molecule has 0 aliphatic heterocycles. The molecule has 2 rings (SSSR count). The molecular formula is C13H15N3OS. The highest BCUT2D eigenvalue weighted by atomic mass is 32.1. The van der Waals surface area contributed by atoms with Crippen LogP contribution in [0.3, 0.4) is 0 Å². The summed E-state index contributed by atoms with van der Waals surface area (Å²) >= 11 is 5.24. The van der Waals surface area contributed by atoms with Gasteiger partial charge in [0.25, 0.3) is 0 Å². The summed E-state index contributed by atoms with van der Waals surface area (Å²) in [7, 11) is 1.64. The van der Waals surface area contributed by atoms with Crippen molar-refractivity contribution in [1.29, 1.82) is 0 Å². The van der Waals surface area contributed by atoms with Gasteiger partial charge in [-0.15, -0.1) is 0 Å². The monoisotopic (exact) mass is 261 g/mol. The minimum absolute atomic E-state index is 0.0112. The zero-order chi connectivity index (χ0) is 13.0. The standard InChI is InChI=1S/C13H15N3OS/c1-14-12(17)7-8-16-11(9-15-13(16)18)10-5-3-2-4-6-10/h2-6,9H,7-8H2,1H3,(H,14,17)(H,15,18). The smallest absolute Gasteiger partial charge is 0.221 e. The molecule has 18 heavy (non-hydrogen) atoms. The van der Waals surface area contributed by atoms with Crippen molar-refractivity contribution >= 4 is 18.1 Å². The average molecular weight is 261 g/mol. The Labute approximate surface area is 111 Å². The highest BCUT2D eigenvalue weighted by Crippen LogP contribution is 2.19. The quantitative estimate of drug-likeness (QED) is 0.830. The molecule has 1 heterocycles. The molecule has 0 aliphatic carbocycles. The molecule has 1 amide bonds. The fraction of sp³-hybridized carbons (Fsp3) is 0.231. The van der Waals surface area contributed by atoms with Crippen LogP contribution in [0.25, 0.3) is 11.3 Å². The van der Waals surface area contributed by atoms with E-state index < -0.39 is 0 Å². The molecule has 5 heteroatoms. The average Bonchev–Trinajstić information content (AvgIpc) is 2.78. The number of hydrogen-bond donors (Lipinski definition) is 2. The molecule has 0 aliphatic rings. The van der Waals surface area contributed by atoms with E-state index in [4.69, 9.17) is 12.2 Å². The van der Waals surface area contributed by atoms with Gasteiger partial charge in [0.05, 0.1) is 5.69 Å². The largest absolute Gasteiger partial charge is 0.359 e. The van der Waals surface area contributed by atoms with Gasteiger partial charge in [0.2, 0.25) is 5.91 Å². The van der Waals surface area contributed by atoms with Crippen LogP contribution in [0.2, 0.25) is 0 Å². The zero-order valence-corrected chi connectivity index (χ0v) is 11.0. The summed E-state index contributed by atoms with van der Waals surface area (Å²) in [4.78, 5) is 14.3. The summed E-state index contributed by atoms with van der Waals surface area (Å²) in [5.74, 6) is 0.0112. The maximum absolute atomic E-state index is 11.3. The van der Waals surface area contributed by atoms with Crippen molar-refractivity contribution in [3.63, 3.8) is 0 Å². The van der Waals surface area contributed by atoms with E-state index in [1.54, 1.807) is 7.05 Å². The van der Waals surface area contributed by atoms with Gasteiger partial charge in [-0.2, -0.15) is 0 Å². The normalized spacial score (nSPS) is 10.3. The Morgan fingerprint density at radius 1 is 1.39 bits per heavy atom. The Morgan fingerprint density at radius 2 is 2.11 bits per heavy atom. The molecule has 0 radical (unpaired) electrons.